The van der Waals surface area contributed by atoms with Gasteiger partial charge in [0.1, 0.15) is 0 Å². The van der Waals surface area contributed by atoms with Crippen LogP contribution < -0.4 is 10.6 Å². The highest BCUT2D eigenvalue weighted by molar-refractivity contribution is 5.95. The minimum atomic E-state index is -0.240. The molecule has 1 heterocycles. The van der Waals surface area contributed by atoms with Gasteiger partial charge in [-0.25, -0.2) is 0 Å². The third kappa shape index (κ3) is 4.88. The first-order valence-electron chi connectivity index (χ1n) is 7.45. The Morgan fingerprint density at radius 3 is 2.52 bits per heavy atom. The number of carbonyl (C=O) groups is 2. The summed E-state index contributed by atoms with van der Waals surface area (Å²) in [6, 6.07) is 10.4. The van der Waals surface area contributed by atoms with Crippen LogP contribution in [0.25, 0.3) is 0 Å². The van der Waals surface area contributed by atoms with Crippen LogP contribution in [0.3, 0.4) is 0 Å². The van der Waals surface area contributed by atoms with E-state index in [2.05, 4.69) is 20.8 Å². The Bertz CT molecular complexity index is 696. The molecular weight excluding hydrogens is 292 g/mol. The highest BCUT2D eigenvalue weighted by Crippen LogP contribution is 2.16. The molecule has 0 unspecified atom stereocenters. The van der Waals surface area contributed by atoms with Crippen LogP contribution >= 0.6 is 0 Å². The Kier molecular flexibility index (Phi) is 5.41. The second kappa shape index (κ2) is 7.49. The molecule has 0 fully saturated rings. The number of nitrogens with one attached hydrogen (secondary N) is 2. The van der Waals surface area contributed by atoms with E-state index in [1.165, 1.54) is 6.92 Å². The van der Waals surface area contributed by atoms with E-state index in [4.69, 9.17) is 0 Å². The molecule has 0 saturated heterocycles. The van der Waals surface area contributed by atoms with Gasteiger partial charge in [0, 0.05) is 17.8 Å². The van der Waals surface area contributed by atoms with Crippen molar-refractivity contribution < 1.29 is 9.59 Å². The molecule has 0 saturated carbocycles. The van der Waals surface area contributed by atoms with Crippen LogP contribution in [0.4, 0.5) is 11.5 Å². The summed E-state index contributed by atoms with van der Waals surface area (Å²) >= 11 is 0. The van der Waals surface area contributed by atoms with Gasteiger partial charge in [-0.05, 0) is 37.1 Å². The molecule has 0 aliphatic heterocycles. The first-order valence-corrected chi connectivity index (χ1v) is 7.45. The maximum atomic E-state index is 11.9. The monoisotopic (exact) mass is 312 g/mol. The standard InChI is InChI=1S/C17H20N4O2/c1-11(2)10-18-17(23)15-7-8-16(21-20-15)19-14-6-4-5-13(9-14)12(3)22/h4-9,11H,10H2,1-3H3,(H,18,23)(H,19,21). The van der Waals surface area contributed by atoms with Crippen molar-refractivity contribution >= 4 is 23.2 Å². The minimum absolute atomic E-state index is 0.00287. The van der Waals surface area contributed by atoms with Crippen LogP contribution in [0.5, 0.6) is 0 Å². The molecule has 0 spiro atoms. The highest BCUT2D eigenvalue weighted by atomic mass is 16.2. The zero-order valence-corrected chi connectivity index (χ0v) is 13.5. The first-order chi connectivity index (χ1) is 11.0. The number of amides is 1. The summed E-state index contributed by atoms with van der Waals surface area (Å²) in [6.45, 7) is 6.16. The third-order valence-electron chi connectivity index (χ3n) is 3.11. The summed E-state index contributed by atoms with van der Waals surface area (Å²) in [5.74, 6) is 0.640. The Balaban J connectivity index is 2.04. The average molecular weight is 312 g/mol. The van der Waals surface area contributed by atoms with Crippen LogP contribution in [0.1, 0.15) is 41.6 Å². The molecule has 0 radical (unpaired) electrons. The van der Waals surface area contributed by atoms with Crippen LogP contribution in [0, 0.1) is 5.92 Å². The lowest BCUT2D eigenvalue weighted by Crippen LogP contribution is -2.28. The largest absolute Gasteiger partial charge is 0.350 e. The second-order valence-corrected chi connectivity index (χ2v) is 5.67. The van der Waals surface area contributed by atoms with Gasteiger partial charge in [-0.2, -0.15) is 0 Å². The lowest BCUT2D eigenvalue weighted by atomic mass is 10.1. The molecule has 0 bridgehead atoms. The average Bonchev–Trinajstić information content (AvgIpc) is 2.53. The van der Waals surface area contributed by atoms with Crippen molar-refractivity contribution in [2.45, 2.75) is 20.8 Å². The maximum Gasteiger partial charge on any atom is 0.271 e. The molecule has 0 aliphatic rings. The second-order valence-electron chi connectivity index (χ2n) is 5.67. The van der Waals surface area contributed by atoms with Crippen molar-refractivity contribution in [1.29, 1.82) is 0 Å². The van der Waals surface area contributed by atoms with Crippen molar-refractivity contribution in [3.63, 3.8) is 0 Å². The normalized spacial score (nSPS) is 10.4. The number of rotatable bonds is 6. The number of aromatic nitrogens is 2. The molecule has 2 aromatic rings. The van der Waals surface area contributed by atoms with Gasteiger partial charge in [0.2, 0.25) is 0 Å². The fourth-order valence-electron chi connectivity index (χ4n) is 1.87. The van der Waals surface area contributed by atoms with Crippen molar-refractivity contribution in [3.8, 4) is 0 Å². The Morgan fingerprint density at radius 1 is 1.13 bits per heavy atom. The van der Waals surface area contributed by atoms with Crippen molar-refractivity contribution in [1.82, 2.24) is 15.5 Å². The van der Waals surface area contributed by atoms with Crippen LogP contribution in [-0.2, 0) is 0 Å². The van der Waals surface area contributed by atoms with E-state index in [1.54, 1.807) is 30.3 Å². The summed E-state index contributed by atoms with van der Waals surface area (Å²) in [6.07, 6.45) is 0. The molecule has 1 aromatic carbocycles. The fraction of sp³-hybridized carbons (Fsp3) is 0.294. The molecule has 6 heteroatoms. The third-order valence-corrected chi connectivity index (χ3v) is 3.11. The zero-order chi connectivity index (χ0) is 16.8. The summed E-state index contributed by atoms with van der Waals surface area (Å²) < 4.78 is 0. The molecule has 6 nitrogen and oxygen atoms in total. The van der Waals surface area contributed by atoms with Crippen molar-refractivity contribution in [2.75, 3.05) is 11.9 Å². The fourth-order valence-corrected chi connectivity index (χ4v) is 1.87. The summed E-state index contributed by atoms with van der Waals surface area (Å²) in [7, 11) is 0. The number of Topliss-reactive ketones (excluding diaryl/α,β-unsaturated/α-hetero) is 1. The SMILES string of the molecule is CC(=O)c1cccc(Nc2ccc(C(=O)NCC(C)C)nn2)c1. The summed E-state index contributed by atoms with van der Waals surface area (Å²) in [5, 5.41) is 13.8. The van der Waals surface area contributed by atoms with Crippen molar-refractivity contribution in [3.05, 3.63) is 47.7 Å². The van der Waals surface area contributed by atoms with Gasteiger partial charge >= 0.3 is 0 Å². The lowest BCUT2D eigenvalue weighted by molar-refractivity contribution is 0.0942. The Labute approximate surface area is 135 Å². The van der Waals surface area contributed by atoms with Gasteiger partial charge in [0.15, 0.2) is 17.3 Å². The number of nitrogens with zero attached hydrogens (tertiary/aromatic N) is 2. The molecule has 0 aliphatic carbocycles. The topological polar surface area (TPSA) is 84.0 Å². The van der Waals surface area contributed by atoms with E-state index in [0.717, 1.165) is 5.69 Å². The van der Waals surface area contributed by atoms with Crippen LogP contribution in [0.15, 0.2) is 36.4 Å². The highest BCUT2D eigenvalue weighted by Gasteiger charge is 2.09. The maximum absolute atomic E-state index is 11.9. The molecule has 1 aromatic heterocycles. The van der Waals surface area contributed by atoms with Crippen LogP contribution in [-0.4, -0.2) is 28.4 Å². The van der Waals surface area contributed by atoms with Gasteiger partial charge < -0.3 is 10.6 Å². The number of benzene rings is 1. The van der Waals surface area contributed by atoms with Gasteiger partial charge in [-0.15, -0.1) is 10.2 Å². The molecule has 2 N–H and O–H groups in total. The number of hydrogen-bond acceptors (Lipinski definition) is 5. The summed E-state index contributed by atoms with van der Waals surface area (Å²) in [5.41, 5.74) is 1.63. The van der Waals surface area contributed by atoms with Gasteiger partial charge in [0.05, 0.1) is 0 Å². The van der Waals surface area contributed by atoms with E-state index < -0.39 is 0 Å². The number of anilines is 2. The van der Waals surface area contributed by atoms with E-state index in [-0.39, 0.29) is 17.4 Å². The molecular formula is C17H20N4O2. The quantitative estimate of drug-likeness (QED) is 0.801. The number of ketones is 1. The predicted molar refractivity (Wildman–Crippen MR) is 88.9 cm³/mol. The van der Waals surface area contributed by atoms with Crippen molar-refractivity contribution in [2.24, 2.45) is 5.92 Å². The predicted octanol–water partition coefficient (Wildman–Crippen LogP) is 2.81. The number of carbonyl (C=O) groups excluding carboxylic acids is 2. The van der Waals surface area contributed by atoms with E-state index in [1.807, 2.05) is 19.9 Å². The Hall–Kier alpha value is -2.76. The smallest absolute Gasteiger partial charge is 0.271 e. The molecule has 2 rings (SSSR count). The summed E-state index contributed by atoms with van der Waals surface area (Å²) in [4.78, 5) is 23.2. The molecule has 120 valence electrons. The van der Waals surface area contributed by atoms with Gasteiger partial charge in [-0.3, -0.25) is 9.59 Å². The molecule has 0 atom stereocenters. The van der Waals surface area contributed by atoms with Gasteiger partial charge in [0.25, 0.3) is 5.91 Å². The molecule has 23 heavy (non-hydrogen) atoms. The number of hydrogen-bond donors (Lipinski definition) is 2. The van der Waals surface area contributed by atoms with Crippen LogP contribution in [0.2, 0.25) is 0 Å². The first kappa shape index (κ1) is 16.6. The Morgan fingerprint density at radius 2 is 1.91 bits per heavy atom. The zero-order valence-electron chi connectivity index (χ0n) is 13.5. The van der Waals surface area contributed by atoms with E-state index in [0.29, 0.717) is 23.8 Å². The van der Waals surface area contributed by atoms with E-state index >= 15 is 0 Å². The van der Waals surface area contributed by atoms with E-state index in [9.17, 15) is 9.59 Å². The molecule has 1 amide bonds. The van der Waals surface area contributed by atoms with Gasteiger partial charge in [-0.1, -0.05) is 26.0 Å². The lowest BCUT2D eigenvalue weighted by Gasteiger charge is -2.08. The minimum Gasteiger partial charge on any atom is -0.350 e.